The zero-order chi connectivity index (χ0) is 11.5. The predicted octanol–water partition coefficient (Wildman–Crippen LogP) is 3.33. The number of hydrogen-bond donors (Lipinski definition) is 1. The number of nitrogens with one attached hydrogen (secondary N) is 1. The molecule has 2 heteroatoms. The summed E-state index contributed by atoms with van der Waals surface area (Å²) in [5.41, 5.74) is 3.35. The Hall–Kier alpha value is -1.49. The van der Waals surface area contributed by atoms with E-state index in [0.29, 0.717) is 6.04 Å². The monoisotopic (exact) mass is 214 g/mol. The maximum Gasteiger partial charge on any atom is 0.0991 e. The van der Waals surface area contributed by atoms with Gasteiger partial charge in [0.1, 0.15) is 0 Å². The molecule has 84 valence electrons. The van der Waals surface area contributed by atoms with Crippen molar-refractivity contribution in [2.75, 3.05) is 5.32 Å². The Balaban J connectivity index is 0.000000457. The van der Waals surface area contributed by atoms with E-state index in [2.05, 4.69) is 11.4 Å². The molecule has 2 nitrogen and oxygen atoms in total. The Bertz CT molecular complexity index is 417. The van der Waals surface area contributed by atoms with Crippen molar-refractivity contribution in [1.29, 1.82) is 5.26 Å². The average molecular weight is 214 g/mol. The molecule has 0 spiro atoms. The van der Waals surface area contributed by atoms with Gasteiger partial charge in [0.05, 0.1) is 11.6 Å². The van der Waals surface area contributed by atoms with Gasteiger partial charge in [0.2, 0.25) is 0 Å². The number of benzene rings is 1. The van der Waals surface area contributed by atoms with E-state index in [-0.39, 0.29) is 0 Å². The lowest BCUT2D eigenvalue weighted by Crippen LogP contribution is -2.42. The number of anilines is 1. The Morgan fingerprint density at radius 3 is 2.75 bits per heavy atom. The van der Waals surface area contributed by atoms with Crippen LogP contribution in [-0.2, 0) is 6.42 Å². The molecule has 0 amide bonds. The van der Waals surface area contributed by atoms with Crippen molar-refractivity contribution in [3.05, 3.63) is 29.3 Å². The van der Waals surface area contributed by atoms with E-state index < -0.39 is 0 Å². The van der Waals surface area contributed by atoms with E-state index in [4.69, 9.17) is 5.26 Å². The third-order valence-corrected chi connectivity index (χ3v) is 3.47. The first-order valence-corrected chi connectivity index (χ1v) is 6.16. The van der Waals surface area contributed by atoms with Crippen molar-refractivity contribution in [3.63, 3.8) is 0 Å². The summed E-state index contributed by atoms with van der Waals surface area (Å²) >= 11 is 0. The van der Waals surface area contributed by atoms with Gasteiger partial charge in [-0.3, -0.25) is 0 Å². The highest BCUT2D eigenvalue weighted by Gasteiger charge is 2.34. The van der Waals surface area contributed by atoms with E-state index in [1.807, 2.05) is 32.0 Å². The molecule has 3 rings (SSSR count). The fraction of sp³-hybridized carbons (Fsp3) is 0.500. The summed E-state index contributed by atoms with van der Waals surface area (Å²) in [5, 5.41) is 12.3. The molecule has 1 N–H and O–H groups in total. The first kappa shape index (κ1) is 11.0. The van der Waals surface area contributed by atoms with E-state index in [1.54, 1.807) is 0 Å². The van der Waals surface area contributed by atoms with Crippen LogP contribution in [0.3, 0.4) is 0 Å². The van der Waals surface area contributed by atoms with Crippen molar-refractivity contribution < 1.29 is 0 Å². The number of rotatable bonds is 0. The van der Waals surface area contributed by atoms with Crippen LogP contribution in [0.25, 0.3) is 0 Å². The molecule has 1 aromatic rings. The van der Waals surface area contributed by atoms with Crippen molar-refractivity contribution >= 4 is 5.69 Å². The minimum absolute atomic E-state index is 0.704. The van der Waals surface area contributed by atoms with Crippen LogP contribution in [0, 0.1) is 17.2 Å². The molecule has 16 heavy (non-hydrogen) atoms. The summed E-state index contributed by atoms with van der Waals surface area (Å²) in [4.78, 5) is 0. The quantitative estimate of drug-likeness (QED) is 0.719. The second-order valence-corrected chi connectivity index (χ2v) is 4.28. The highest BCUT2D eigenvalue weighted by atomic mass is 15.0. The fourth-order valence-electron chi connectivity index (χ4n) is 2.46. The van der Waals surface area contributed by atoms with Gasteiger partial charge in [-0.15, -0.1) is 0 Å². The van der Waals surface area contributed by atoms with Gasteiger partial charge < -0.3 is 5.32 Å². The minimum Gasteiger partial charge on any atom is -0.382 e. The van der Waals surface area contributed by atoms with Crippen LogP contribution in [0.4, 0.5) is 5.69 Å². The first-order valence-electron chi connectivity index (χ1n) is 6.16. The first-order chi connectivity index (χ1) is 7.86. The van der Waals surface area contributed by atoms with Gasteiger partial charge in [-0.05, 0) is 48.9 Å². The summed E-state index contributed by atoms with van der Waals surface area (Å²) in [6, 6.07) is 8.86. The number of nitriles is 1. The summed E-state index contributed by atoms with van der Waals surface area (Å²) < 4.78 is 0. The van der Waals surface area contributed by atoms with Crippen LogP contribution in [0.1, 0.15) is 37.8 Å². The molecule has 0 bridgehead atoms. The van der Waals surface area contributed by atoms with Gasteiger partial charge in [-0.2, -0.15) is 5.26 Å². The highest BCUT2D eigenvalue weighted by Crippen LogP contribution is 2.39. The maximum atomic E-state index is 8.80. The third kappa shape index (κ3) is 1.78. The average Bonchev–Trinajstić information content (AvgIpc) is 2.34. The van der Waals surface area contributed by atoms with Crippen LogP contribution in [0.15, 0.2) is 18.2 Å². The van der Waals surface area contributed by atoms with Gasteiger partial charge in [0.15, 0.2) is 0 Å². The highest BCUT2D eigenvalue weighted by molar-refractivity contribution is 5.57. The van der Waals surface area contributed by atoms with E-state index in [9.17, 15) is 0 Å². The van der Waals surface area contributed by atoms with Crippen LogP contribution < -0.4 is 5.32 Å². The maximum absolute atomic E-state index is 8.80. The molecule has 1 aromatic carbocycles. The predicted molar refractivity (Wildman–Crippen MR) is 66.3 cm³/mol. The topological polar surface area (TPSA) is 35.8 Å². The summed E-state index contributed by atoms with van der Waals surface area (Å²) in [6.07, 6.45) is 3.81. The second-order valence-electron chi connectivity index (χ2n) is 4.28. The summed E-state index contributed by atoms with van der Waals surface area (Å²) in [6.45, 7) is 4.00. The molecule has 1 saturated carbocycles. The van der Waals surface area contributed by atoms with Crippen LogP contribution in [0.5, 0.6) is 0 Å². The molecule has 0 radical (unpaired) electrons. The van der Waals surface area contributed by atoms with Crippen LogP contribution >= 0.6 is 0 Å². The standard InChI is InChI=1S/C12H12N2.C2H6/c13-7-8-1-3-12-10(5-8)6-9-2-4-11(9)14-12;1-2/h1,3,5,9,11,14H,2,4,6H2;1-2H3. The Morgan fingerprint density at radius 2 is 2.12 bits per heavy atom. The van der Waals surface area contributed by atoms with Gasteiger partial charge >= 0.3 is 0 Å². The van der Waals surface area contributed by atoms with Gasteiger partial charge in [-0.1, -0.05) is 13.8 Å². The molecule has 0 saturated heterocycles. The van der Waals surface area contributed by atoms with Gasteiger partial charge in [0, 0.05) is 11.7 Å². The van der Waals surface area contributed by atoms with Crippen LogP contribution in [0.2, 0.25) is 0 Å². The van der Waals surface area contributed by atoms with Crippen molar-refractivity contribution in [1.82, 2.24) is 0 Å². The van der Waals surface area contributed by atoms with Crippen molar-refractivity contribution in [2.24, 2.45) is 5.92 Å². The molecule has 2 unspecified atom stereocenters. The van der Waals surface area contributed by atoms with Crippen molar-refractivity contribution in [3.8, 4) is 6.07 Å². The molecule has 0 aromatic heterocycles. The summed E-state index contributed by atoms with van der Waals surface area (Å²) in [7, 11) is 0. The second kappa shape index (κ2) is 4.57. The van der Waals surface area contributed by atoms with Crippen LogP contribution in [-0.4, -0.2) is 6.04 Å². The molecule has 1 aliphatic heterocycles. The summed E-state index contributed by atoms with van der Waals surface area (Å²) in [5.74, 6) is 0.816. The molecule has 1 heterocycles. The van der Waals surface area contributed by atoms with E-state index >= 15 is 0 Å². The van der Waals surface area contributed by atoms with Gasteiger partial charge in [0.25, 0.3) is 0 Å². The number of nitrogens with zero attached hydrogens (tertiary/aromatic N) is 1. The van der Waals surface area contributed by atoms with E-state index in [1.165, 1.54) is 24.1 Å². The van der Waals surface area contributed by atoms with E-state index in [0.717, 1.165) is 17.9 Å². The largest absolute Gasteiger partial charge is 0.382 e. The zero-order valence-electron chi connectivity index (χ0n) is 9.96. The number of hydrogen-bond acceptors (Lipinski definition) is 2. The number of fused-ring (bicyclic) bond motifs is 2. The molecule has 2 atom stereocenters. The lowest BCUT2D eigenvalue weighted by atomic mass is 9.73. The Kier molecular flexibility index (Phi) is 3.14. The van der Waals surface area contributed by atoms with Gasteiger partial charge in [-0.25, -0.2) is 0 Å². The lowest BCUT2D eigenvalue weighted by Gasteiger charge is -2.42. The SMILES string of the molecule is CC.N#Cc1ccc2c(c1)CC1CCC1N2. The molecule has 1 fully saturated rings. The normalized spacial score (nSPS) is 24.6. The molecular formula is C14H18N2. The smallest absolute Gasteiger partial charge is 0.0991 e. The lowest BCUT2D eigenvalue weighted by molar-refractivity contribution is 0.266. The zero-order valence-corrected chi connectivity index (χ0v) is 9.96. The third-order valence-electron chi connectivity index (χ3n) is 3.47. The Labute approximate surface area is 97.3 Å². The van der Waals surface area contributed by atoms with Crippen molar-refractivity contribution in [2.45, 2.75) is 39.2 Å². The molecular weight excluding hydrogens is 196 g/mol. The minimum atomic E-state index is 0.704. The molecule has 1 aliphatic carbocycles. The molecule has 2 aliphatic rings. The Morgan fingerprint density at radius 1 is 1.31 bits per heavy atom. The fourth-order valence-corrected chi connectivity index (χ4v) is 2.46.